The van der Waals surface area contributed by atoms with Gasteiger partial charge in [0.25, 0.3) is 0 Å². The summed E-state index contributed by atoms with van der Waals surface area (Å²) in [5.74, 6) is 2.00. The van der Waals surface area contributed by atoms with Gasteiger partial charge in [0.1, 0.15) is 0 Å². The van der Waals surface area contributed by atoms with Gasteiger partial charge < -0.3 is 0 Å². The lowest BCUT2D eigenvalue weighted by Crippen LogP contribution is -2.01. The second-order valence-corrected chi connectivity index (χ2v) is 6.10. The Bertz CT molecular complexity index is 564. The first-order valence-corrected chi connectivity index (χ1v) is 7.85. The largest absolute Gasteiger partial charge is 0.245 e. The first-order chi connectivity index (χ1) is 8.92. The van der Waals surface area contributed by atoms with Crippen LogP contribution in [0, 0.1) is 0 Å². The number of aliphatic imine (C=N–C) groups is 1. The van der Waals surface area contributed by atoms with Crippen LogP contribution in [-0.4, -0.2) is 10.8 Å². The second kappa shape index (κ2) is 5.63. The first-order valence-electron chi connectivity index (χ1n) is 5.88. The van der Waals surface area contributed by atoms with Crippen LogP contribution >= 0.6 is 23.5 Å². The predicted molar refractivity (Wildman–Crippen MR) is 82.0 cm³/mol. The summed E-state index contributed by atoms with van der Waals surface area (Å²) in [6, 6.07) is 18.9. The number of rotatable bonds is 2. The number of para-hydroxylation sites is 1. The van der Waals surface area contributed by atoms with Gasteiger partial charge >= 0.3 is 0 Å². The molecule has 0 amide bonds. The minimum Gasteiger partial charge on any atom is -0.245 e. The Labute approximate surface area is 116 Å². The molecule has 0 spiro atoms. The lowest BCUT2D eigenvalue weighted by Gasteiger charge is -2.14. The van der Waals surface area contributed by atoms with Gasteiger partial charge in [-0.2, -0.15) is 0 Å². The van der Waals surface area contributed by atoms with Crippen molar-refractivity contribution in [2.75, 3.05) is 5.75 Å². The molecule has 3 rings (SSSR count). The van der Waals surface area contributed by atoms with Gasteiger partial charge in [0.15, 0.2) is 0 Å². The third kappa shape index (κ3) is 2.79. The molecule has 1 aliphatic heterocycles. The zero-order chi connectivity index (χ0) is 12.2. The topological polar surface area (TPSA) is 12.4 Å². The van der Waals surface area contributed by atoms with Crippen LogP contribution in [0.15, 0.2) is 64.5 Å². The van der Waals surface area contributed by atoms with E-state index in [-0.39, 0.29) is 0 Å². The molecule has 0 saturated heterocycles. The number of nitrogens with zero attached hydrogens (tertiary/aromatic N) is 1. The summed E-state index contributed by atoms with van der Waals surface area (Å²) >= 11 is 3.72. The van der Waals surface area contributed by atoms with Crippen molar-refractivity contribution in [2.45, 2.75) is 10.6 Å². The van der Waals surface area contributed by atoms with E-state index in [1.165, 1.54) is 15.5 Å². The Hall–Kier alpha value is -1.19. The fourth-order valence-electron chi connectivity index (χ4n) is 1.79. The van der Waals surface area contributed by atoms with Gasteiger partial charge in [0.2, 0.25) is 0 Å². The zero-order valence-electron chi connectivity index (χ0n) is 9.87. The van der Waals surface area contributed by atoms with Crippen molar-refractivity contribution in [1.29, 1.82) is 0 Å². The minimum atomic E-state index is 0.995. The molecule has 0 radical (unpaired) electrons. The van der Waals surface area contributed by atoms with E-state index in [2.05, 4.69) is 48.5 Å². The Morgan fingerprint density at radius 3 is 2.67 bits per heavy atom. The quantitative estimate of drug-likeness (QED) is 0.781. The van der Waals surface area contributed by atoms with Gasteiger partial charge in [-0.05, 0) is 17.7 Å². The van der Waals surface area contributed by atoms with E-state index >= 15 is 0 Å². The third-order valence-electron chi connectivity index (χ3n) is 2.71. The van der Waals surface area contributed by atoms with E-state index in [1.807, 2.05) is 29.6 Å². The van der Waals surface area contributed by atoms with Crippen molar-refractivity contribution in [3.05, 3.63) is 60.2 Å². The van der Waals surface area contributed by atoms with Gasteiger partial charge in [0.05, 0.1) is 10.7 Å². The monoisotopic (exact) mass is 271 g/mol. The zero-order valence-corrected chi connectivity index (χ0v) is 11.5. The van der Waals surface area contributed by atoms with Crippen LogP contribution in [0.5, 0.6) is 0 Å². The minimum absolute atomic E-state index is 0.995. The van der Waals surface area contributed by atoms with Crippen LogP contribution in [0.1, 0.15) is 5.56 Å². The summed E-state index contributed by atoms with van der Waals surface area (Å²) in [5.41, 5.74) is 2.47. The third-order valence-corrected chi connectivity index (χ3v) is 5.01. The van der Waals surface area contributed by atoms with Gasteiger partial charge in [0, 0.05) is 16.4 Å². The van der Waals surface area contributed by atoms with Crippen molar-refractivity contribution in [3.63, 3.8) is 0 Å². The summed E-state index contributed by atoms with van der Waals surface area (Å²) in [7, 11) is 0. The average Bonchev–Trinajstić information content (AvgIpc) is 2.46. The first kappa shape index (κ1) is 11.9. The average molecular weight is 271 g/mol. The molecule has 0 unspecified atom stereocenters. The number of thioether (sulfide) groups is 2. The van der Waals surface area contributed by atoms with E-state index in [9.17, 15) is 0 Å². The summed E-state index contributed by atoms with van der Waals surface area (Å²) < 4.78 is 0. The van der Waals surface area contributed by atoms with Crippen molar-refractivity contribution in [2.24, 2.45) is 4.99 Å². The maximum absolute atomic E-state index is 4.72. The summed E-state index contributed by atoms with van der Waals surface area (Å²) in [5, 5.41) is 1.22. The fourth-order valence-corrected chi connectivity index (χ4v) is 3.77. The van der Waals surface area contributed by atoms with Crippen LogP contribution < -0.4 is 0 Å². The molecule has 0 atom stereocenters. The Morgan fingerprint density at radius 1 is 1.00 bits per heavy atom. The van der Waals surface area contributed by atoms with Crippen LogP contribution in [0.25, 0.3) is 0 Å². The van der Waals surface area contributed by atoms with Crippen molar-refractivity contribution in [3.8, 4) is 0 Å². The van der Waals surface area contributed by atoms with Crippen LogP contribution in [-0.2, 0) is 5.75 Å². The van der Waals surface area contributed by atoms with Gasteiger partial charge in [-0.25, -0.2) is 4.99 Å². The number of hydrogen-bond acceptors (Lipinski definition) is 3. The second-order valence-electron chi connectivity index (χ2n) is 4.04. The molecular weight excluding hydrogens is 258 g/mol. The van der Waals surface area contributed by atoms with Crippen LogP contribution in [0.2, 0.25) is 0 Å². The molecule has 2 aromatic rings. The molecule has 0 saturated carbocycles. The smallest absolute Gasteiger partial charge is 0.0845 e. The maximum Gasteiger partial charge on any atom is 0.0845 e. The van der Waals surface area contributed by atoms with E-state index in [1.54, 1.807) is 0 Å². The predicted octanol–water partition coefficient (Wildman–Crippen LogP) is 4.76. The molecule has 0 aromatic heterocycles. The lowest BCUT2D eigenvalue weighted by atomic mass is 10.2. The van der Waals surface area contributed by atoms with E-state index in [4.69, 9.17) is 4.99 Å². The lowest BCUT2D eigenvalue weighted by molar-refractivity contribution is 1.36. The van der Waals surface area contributed by atoms with E-state index in [0.717, 1.165) is 17.2 Å². The normalized spacial score (nSPS) is 13.9. The summed E-state index contributed by atoms with van der Waals surface area (Å²) in [4.78, 5) is 6.01. The SMILES string of the molecule is c1ccc(CSC2=Nc3ccccc3SC2)cc1. The fraction of sp³-hybridized carbons (Fsp3) is 0.133. The van der Waals surface area contributed by atoms with E-state index in [0.29, 0.717) is 0 Å². The molecule has 0 fully saturated rings. The van der Waals surface area contributed by atoms with Crippen molar-refractivity contribution < 1.29 is 0 Å². The molecule has 90 valence electrons. The Kier molecular flexibility index (Phi) is 3.72. The highest BCUT2D eigenvalue weighted by atomic mass is 32.2. The van der Waals surface area contributed by atoms with Gasteiger partial charge in [-0.15, -0.1) is 23.5 Å². The number of benzene rings is 2. The molecule has 3 heteroatoms. The highest BCUT2D eigenvalue weighted by Gasteiger charge is 2.12. The molecule has 2 aromatic carbocycles. The molecule has 1 nitrogen and oxygen atoms in total. The molecule has 0 aliphatic carbocycles. The standard InChI is InChI=1S/C15H13NS2/c1-2-6-12(7-3-1)10-18-15-11-17-14-9-5-4-8-13(14)16-15/h1-9H,10-11H2. The molecular formula is C15H13NS2. The maximum atomic E-state index is 4.72. The summed E-state index contributed by atoms with van der Waals surface area (Å²) in [6.45, 7) is 0. The highest BCUT2D eigenvalue weighted by Crippen LogP contribution is 2.36. The molecule has 0 bridgehead atoms. The molecule has 0 N–H and O–H groups in total. The Morgan fingerprint density at radius 2 is 1.78 bits per heavy atom. The molecule has 1 aliphatic rings. The van der Waals surface area contributed by atoms with E-state index < -0.39 is 0 Å². The van der Waals surface area contributed by atoms with Gasteiger partial charge in [-0.1, -0.05) is 42.5 Å². The van der Waals surface area contributed by atoms with Crippen LogP contribution in [0.4, 0.5) is 5.69 Å². The van der Waals surface area contributed by atoms with Crippen molar-refractivity contribution in [1.82, 2.24) is 0 Å². The Balaban J connectivity index is 1.70. The highest BCUT2D eigenvalue weighted by molar-refractivity contribution is 8.15. The van der Waals surface area contributed by atoms with Crippen molar-refractivity contribution >= 4 is 34.3 Å². The van der Waals surface area contributed by atoms with Gasteiger partial charge in [-0.3, -0.25) is 0 Å². The summed E-state index contributed by atoms with van der Waals surface area (Å²) in [6.07, 6.45) is 0. The molecule has 18 heavy (non-hydrogen) atoms. The molecule has 1 heterocycles. The number of hydrogen-bond donors (Lipinski definition) is 0. The number of fused-ring (bicyclic) bond motifs is 1. The van der Waals surface area contributed by atoms with Crippen LogP contribution in [0.3, 0.4) is 0 Å².